The fourth-order valence-corrected chi connectivity index (χ4v) is 2.32. The van der Waals surface area contributed by atoms with Gasteiger partial charge in [0.15, 0.2) is 0 Å². The van der Waals surface area contributed by atoms with Gasteiger partial charge in [0.05, 0.1) is 0 Å². The van der Waals surface area contributed by atoms with Crippen LogP contribution in [0.15, 0.2) is 28.7 Å². The monoisotopic (exact) mass is 295 g/mol. The predicted molar refractivity (Wildman–Crippen MR) is 75.8 cm³/mol. The van der Waals surface area contributed by atoms with E-state index >= 15 is 0 Å². The van der Waals surface area contributed by atoms with Crippen molar-refractivity contribution in [2.24, 2.45) is 0 Å². The molecule has 0 bridgehead atoms. The summed E-state index contributed by atoms with van der Waals surface area (Å²) in [5.74, 6) is 0.217. The van der Waals surface area contributed by atoms with Gasteiger partial charge in [0.25, 0.3) is 0 Å². The molecule has 0 aliphatic carbocycles. The van der Waals surface area contributed by atoms with Crippen LogP contribution in [-0.2, 0) is 12.1 Å². The van der Waals surface area contributed by atoms with Crippen LogP contribution < -0.4 is 5.32 Å². The van der Waals surface area contributed by atoms with Gasteiger partial charge in [-0.15, -0.1) is 0 Å². The van der Waals surface area contributed by atoms with Gasteiger partial charge in [-0.1, -0.05) is 6.07 Å². The highest BCUT2D eigenvalue weighted by Gasteiger charge is 2.26. The molecule has 114 valence electrons. The summed E-state index contributed by atoms with van der Waals surface area (Å²) in [6, 6.07) is 5.08. The third kappa shape index (κ3) is 3.68. The molecule has 5 heteroatoms. The maximum atomic E-state index is 13.7. The highest BCUT2D eigenvalue weighted by atomic mass is 19.1. The van der Waals surface area contributed by atoms with E-state index in [1.165, 1.54) is 13.0 Å². The van der Waals surface area contributed by atoms with Gasteiger partial charge in [-0.05, 0) is 32.9 Å². The molecule has 3 nitrogen and oxygen atoms in total. The first-order valence-corrected chi connectivity index (χ1v) is 6.74. The number of aryl methyl sites for hydroxylation is 2. The third-order valence-electron chi connectivity index (χ3n) is 3.44. The Balaban J connectivity index is 2.02. The molecule has 0 radical (unpaired) electrons. The number of benzene rings is 1. The lowest BCUT2D eigenvalue weighted by Crippen LogP contribution is -2.36. The molecule has 0 aliphatic heterocycles. The lowest BCUT2D eigenvalue weighted by molar-refractivity contribution is 0.0528. The largest absolute Gasteiger partial charge is 0.466 e. The van der Waals surface area contributed by atoms with Crippen LogP contribution in [0.5, 0.6) is 0 Å². The Morgan fingerprint density at radius 1 is 1.24 bits per heavy atom. The summed E-state index contributed by atoms with van der Waals surface area (Å²) in [7, 11) is 0. The fraction of sp³-hybridized carbons (Fsp3) is 0.375. The number of nitrogens with one attached hydrogen (secondary N) is 1. The van der Waals surface area contributed by atoms with Gasteiger partial charge in [0.1, 0.15) is 28.8 Å². The van der Waals surface area contributed by atoms with Crippen LogP contribution in [0.3, 0.4) is 0 Å². The van der Waals surface area contributed by atoms with Gasteiger partial charge in [-0.3, -0.25) is 0 Å². The van der Waals surface area contributed by atoms with E-state index in [-0.39, 0.29) is 12.1 Å². The van der Waals surface area contributed by atoms with Gasteiger partial charge in [-0.25, -0.2) is 8.78 Å². The zero-order chi connectivity index (χ0) is 15.6. The van der Waals surface area contributed by atoms with Crippen molar-refractivity contribution >= 4 is 0 Å². The first-order valence-electron chi connectivity index (χ1n) is 6.74. The van der Waals surface area contributed by atoms with E-state index < -0.39 is 17.2 Å². The highest BCUT2D eigenvalue weighted by molar-refractivity contribution is 5.25. The van der Waals surface area contributed by atoms with Crippen LogP contribution in [0.2, 0.25) is 0 Å². The molecule has 0 aliphatic rings. The summed E-state index contributed by atoms with van der Waals surface area (Å²) in [5.41, 5.74) is -0.371. The van der Waals surface area contributed by atoms with Crippen LogP contribution >= 0.6 is 0 Å². The van der Waals surface area contributed by atoms with E-state index in [4.69, 9.17) is 4.42 Å². The Morgan fingerprint density at radius 3 is 2.52 bits per heavy atom. The van der Waals surface area contributed by atoms with E-state index in [0.717, 1.165) is 29.2 Å². The second kappa shape index (κ2) is 5.95. The van der Waals surface area contributed by atoms with Crippen molar-refractivity contribution in [2.45, 2.75) is 32.9 Å². The first-order chi connectivity index (χ1) is 9.79. The maximum absolute atomic E-state index is 13.7. The van der Waals surface area contributed by atoms with Crippen molar-refractivity contribution in [3.8, 4) is 0 Å². The molecule has 1 atom stereocenters. The Labute approximate surface area is 122 Å². The lowest BCUT2D eigenvalue weighted by Gasteiger charge is -2.24. The van der Waals surface area contributed by atoms with E-state index in [2.05, 4.69) is 5.32 Å². The number of halogens is 2. The summed E-state index contributed by atoms with van der Waals surface area (Å²) < 4.78 is 32.0. The molecule has 2 aromatic rings. The van der Waals surface area contributed by atoms with Crippen LogP contribution in [0, 0.1) is 25.5 Å². The summed E-state index contributed by atoms with van der Waals surface area (Å²) in [6.07, 6.45) is 0. The summed E-state index contributed by atoms with van der Waals surface area (Å²) >= 11 is 0. The average Bonchev–Trinajstić information content (AvgIpc) is 2.67. The number of hydrogen-bond donors (Lipinski definition) is 2. The Hall–Kier alpha value is -1.72. The SMILES string of the molecule is Cc1cc(CNCC(C)(O)c2ccc(F)cc2F)c(C)o1. The zero-order valence-corrected chi connectivity index (χ0v) is 12.3. The fourth-order valence-electron chi connectivity index (χ4n) is 2.32. The second-order valence-electron chi connectivity index (χ2n) is 5.44. The minimum absolute atomic E-state index is 0.0662. The molecule has 0 saturated heterocycles. The van der Waals surface area contributed by atoms with Crippen molar-refractivity contribution in [3.05, 3.63) is 58.5 Å². The summed E-state index contributed by atoms with van der Waals surface area (Å²) in [6.45, 7) is 5.85. The van der Waals surface area contributed by atoms with Crippen LogP contribution in [0.25, 0.3) is 0 Å². The summed E-state index contributed by atoms with van der Waals surface area (Å²) in [5, 5.41) is 13.4. The zero-order valence-electron chi connectivity index (χ0n) is 12.3. The quantitative estimate of drug-likeness (QED) is 0.890. The smallest absolute Gasteiger partial charge is 0.132 e. The first kappa shape index (κ1) is 15.7. The van der Waals surface area contributed by atoms with E-state index in [0.29, 0.717) is 6.54 Å². The molecule has 1 aromatic carbocycles. The number of hydrogen-bond acceptors (Lipinski definition) is 3. The van der Waals surface area contributed by atoms with E-state index in [9.17, 15) is 13.9 Å². The number of aliphatic hydroxyl groups is 1. The molecular formula is C16H19F2NO2. The highest BCUT2D eigenvalue weighted by Crippen LogP contribution is 2.24. The molecule has 21 heavy (non-hydrogen) atoms. The third-order valence-corrected chi connectivity index (χ3v) is 3.44. The number of furan rings is 1. The molecule has 0 saturated carbocycles. The molecule has 1 aromatic heterocycles. The average molecular weight is 295 g/mol. The van der Waals surface area contributed by atoms with Crippen LogP contribution in [0.1, 0.15) is 29.6 Å². The molecule has 0 spiro atoms. The topological polar surface area (TPSA) is 45.4 Å². The van der Waals surface area contributed by atoms with Crippen molar-refractivity contribution < 1.29 is 18.3 Å². The minimum Gasteiger partial charge on any atom is -0.466 e. The van der Waals surface area contributed by atoms with Gasteiger partial charge in [-0.2, -0.15) is 0 Å². The Morgan fingerprint density at radius 2 is 1.95 bits per heavy atom. The maximum Gasteiger partial charge on any atom is 0.132 e. The molecule has 1 unspecified atom stereocenters. The lowest BCUT2D eigenvalue weighted by atomic mass is 9.95. The molecule has 2 N–H and O–H groups in total. The molecule has 1 heterocycles. The van der Waals surface area contributed by atoms with Crippen molar-refractivity contribution in [2.75, 3.05) is 6.54 Å². The van der Waals surface area contributed by atoms with Gasteiger partial charge in [0, 0.05) is 30.3 Å². The standard InChI is InChI=1S/C16H19F2NO2/c1-10-6-12(11(2)21-10)8-19-9-16(3,20)14-5-4-13(17)7-15(14)18/h4-7,19-20H,8-9H2,1-3H3. The van der Waals surface area contributed by atoms with Gasteiger partial charge >= 0.3 is 0 Å². The Kier molecular flexibility index (Phi) is 4.44. The van der Waals surface area contributed by atoms with Crippen LogP contribution in [0.4, 0.5) is 8.78 Å². The van der Waals surface area contributed by atoms with Gasteiger partial charge < -0.3 is 14.8 Å². The Bertz CT molecular complexity index is 635. The van der Waals surface area contributed by atoms with Crippen molar-refractivity contribution in [3.63, 3.8) is 0 Å². The van der Waals surface area contributed by atoms with Crippen LogP contribution in [-0.4, -0.2) is 11.7 Å². The van der Waals surface area contributed by atoms with E-state index in [1.54, 1.807) is 0 Å². The molecule has 0 fully saturated rings. The van der Waals surface area contributed by atoms with Gasteiger partial charge in [0.2, 0.25) is 0 Å². The van der Waals surface area contributed by atoms with Crippen molar-refractivity contribution in [1.29, 1.82) is 0 Å². The minimum atomic E-state index is -1.43. The van der Waals surface area contributed by atoms with Crippen molar-refractivity contribution in [1.82, 2.24) is 5.32 Å². The predicted octanol–water partition coefficient (Wildman–Crippen LogP) is 3.17. The number of rotatable bonds is 5. The molecular weight excluding hydrogens is 276 g/mol. The molecule has 2 rings (SSSR count). The van der Waals surface area contributed by atoms with E-state index in [1.807, 2.05) is 19.9 Å². The molecule has 0 amide bonds. The normalized spacial score (nSPS) is 14.2. The second-order valence-corrected chi connectivity index (χ2v) is 5.44. The summed E-state index contributed by atoms with van der Waals surface area (Å²) in [4.78, 5) is 0.